The van der Waals surface area contributed by atoms with Crippen LogP contribution in [0.5, 0.6) is 0 Å². The van der Waals surface area contributed by atoms with Gasteiger partial charge in [0.15, 0.2) is 0 Å². The van der Waals surface area contributed by atoms with Crippen molar-refractivity contribution in [3.8, 4) is 0 Å². The number of aryl methyl sites for hydroxylation is 1. The second-order valence-corrected chi connectivity index (χ2v) is 5.13. The highest BCUT2D eigenvalue weighted by Gasteiger charge is 2.32. The molecule has 1 amide bonds. The van der Waals surface area contributed by atoms with Gasteiger partial charge in [-0.2, -0.15) is 0 Å². The normalized spacial score (nSPS) is 14.3. The molecule has 1 saturated carbocycles. The van der Waals surface area contributed by atoms with E-state index in [-0.39, 0.29) is 5.91 Å². The summed E-state index contributed by atoms with van der Waals surface area (Å²) < 4.78 is 0. The van der Waals surface area contributed by atoms with Crippen LogP contribution in [0.15, 0.2) is 12.1 Å². The van der Waals surface area contributed by atoms with E-state index in [0.29, 0.717) is 6.04 Å². The van der Waals surface area contributed by atoms with Crippen LogP contribution in [0.25, 0.3) is 0 Å². The van der Waals surface area contributed by atoms with E-state index in [1.807, 2.05) is 30.9 Å². The van der Waals surface area contributed by atoms with Gasteiger partial charge >= 0.3 is 0 Å². The molecule has 1 fully saturated rings. The predicted octanol–water partition coefficient (Wildman–Crippen LogP) is 2.84. The molecule has 0 aliphatic heterocycles. The molecule has 0 spiro atoms. The van der Waals surface area contributed by atoms with Gasteiger partial charge in [-0.25, -0.2) is 4.98 Å². The van der Waals surface area contributed by atoms with Gasteiger partial charge in [-0.05, 0) is 45.2 Å². The molecule has 104 valence electrons. The van der Waals surface area contributed by atoms with Gasteiger partial charge in [0.05, 0.1) is 0 Å². The molecule has 4 heteroatoms. The molecular weight excluding hydrogens is 238 g/mol. The number of hydrogen-bond acceptors (Lipinski definition) is 3. The SMILES string of the molecule is CCCNc1cc(C(=O)N(CC)C2CC2)cc(C)n1. The molecule has 1 aromatic heterocycles. The lowest BCUT2D eigenvalue weighted by Crippen LogP contribution is -2.33. The molecule has 1 N–H and O–H groups in total. The van der Waals surface area contributed by atoms with Crippen molar-refractivity contribution in [1.29, 1.82) is 0 Å². The van der Waals surface area contributed by atoms with Gasteiger partial charge in [-0.1, -0.05) is 6.92 Å². The molecular formula is C15H23N3O. The first-order valence-corrected chi connectivity index (χ1v) is 7.19. The molecule has 2 rings (SSSR count). The Bertz CT molecular complexity index is 455. The van der Waals surface area contributed by atoms with E-state index in [4.69, 9.17) is 0 Å². The van der Waals surface area contributed by atoms with Crippen molar-refractivity contribution < 1.29 is 4.79 Å². The first-order chi connectivity index (χ1) is 9.15. The van der Waals surface area contributed by atoms with Crippen LogP contribution in [-0.4, -0.2) is 34.9 Å². The number of anilines is 1. The smallest absolute Gasteiger partial charge is 0.254 e. The number of pyridine rings is 1. The summed E-state index contributed by atoms with van der Waals surface area (Å²) in [5, 5.41) is 3.25. The molecule has 1 aromatic rings. The van der Waals surface area contributed by atoms with E-state index in [9.17, 15) is 4.79 Å². The first kappa shape index (κ1) is 13.8. The highest BCUT2D eigenvalue weighted by molar-refractivity contribution is 5.95. The average Bonchev–Trinajstić information content (AvgIpc) is 3.21. The van der Waals surface area contributed by atoms with E-state index in [1.165, 1.54) is 0 Å². The molecule has 0 saturated heterocycles. The maximum absolute atomic E-state index is 12.5. The fourth-order valence-corrected chi connectivity index (χ4v) is 2.26. The standard InChI is InChI=1S/C15H23N3O/c1-4-8-16-14-10-12(9-11(3)17-14)15(19)18(5-2)13-6-7-13/h9-10,13H,4-8H2,1-3H3,(H,16,17). The highest BCUT2D eigenvalue weighted by atomic mass is 16.2. The van der Waals surface area contributed by atoms with Crippen LogP contribution >= 0.6 is 0 Å². The Morgan fingerprint density at radius 1 is 1.42 bits per heavy atom. The Hall–Kier alpha value is -1.58. The summed E-state index contributed by atoms with van der Waals surface area (Å²) in [4.78, 5) is 18.9. The topological polar surface area (TPSA) is 45.2 Å². The molecule has 0 aromatic carbocycles. The lowest BCUT2D eigenvalue weighted by Gasteiger charge is -2.21. The van der Waals surface area contributed by atoms with Crippen molar-refractivity contribution in [2.45, 2.75) is 46.1 Å². The number of nitrogens with one attached hydrogen (secondary N) is 1. The summed E-state index contributed by atoms with van der Waals surface area (Å²) in [7, 11) is 0. The van der Waals surface area contributed by atoms with Crippen LogP contribution in [-0.2, 0) is 0 Å². The van der Waals surface area contributed by atoms with Gasteiger partial charge in [0.25, 0.3) is 5.91 Å². The number of hydrogen-bond donors (Lipinski definition) is 1. The third kappa shape index (κ3) is 3.46. The minimum absolute atomic E-state index is 0.134. The first-order valence-electron chi connectivity index (χ1n) is 7.19. The largest absolute Gasteiger partial charge is 0.370 e. The summed E-state index contributed by atoms with van der Waals surface area (Å²) >= 11 is 0. The van der Waals surface area contributed by atoms with Crippen molar-refractivity contribution in [2.24, 2.45) is 0 Å². The molecule has 0 unspecified atom stereocenters. The zero-order valence-corrected chi connectivity index (χ0v) is 12.1. The number of aromatic nitrogens is 1. The number of rotatable bonds is 6. The van der Waals surface area contributed by atoms with Gasteiger partial charge < -0.3 is 10.2 Å². The highest BCUT2D eigenvalue weighted by Crippen LogP contribution is 2.28. The van der Waals surface area contributed by atoms with Gasteiger partial charge in [0, 0.05) is 30.4 Å². The van der Waals surface area contributed by atoms with Crippen LogP contribution < -0.4 is 5.32 Å². The van der Waals surface area contributed by atoms with Gasteiger partial charge in [-0.15, -0.1) is 0 Å². The van der Waals surface area contributed by atoms with E-state index in [2.05, 4.69) is 17.2 Å². The van der Waals surface area contributed by atoms with Crippen molar-refractivity contribution in [3.05, 3.63) is 23.4 Å². The molecule has 1 aliphatic rings. The summed E-state index contributed by atoms with van der Waals surface area (Å²) in [6.45, 7) is 7.75. The average molecular weight is 261 g/mol. The monoisotopic (exact) mass is 261 g/mol. The second-order valence-electron chi connectivity index (χ2n) is 5.13. The fraction of sp³-hybridized carbons (Fsp3) is 0.600. The van der Waals surface area contributed by atoms with Gasteiger partial charge in [-0.3, -0.25) is 4.79 Å². The fourth-order valence-electron chi connectivity index (χ4n) is 2.26. The van der Waals surface area contributed by atoms with Crippen LogP contribution in [0.4, 0.5) is 5.82 Å². The van der Waals surface area contributed by atoms with E-state index in [1.54, 1.807) is 0 Å². The second kappa shape index (κ2) is 6.04. The number of carbonyl (C=O) groups is 1. The minimum Gasteiger partial charge on any atom is -0.370 e. The van der Waals surface area contributed by atoms with Crippen LogP contribution in [0.3, 0.4) is 0 Å². The Labute approximate surface area is 115 Å². The Morgan fingerprint density at radius 2 is 2.16 bits per heavy atom. The van der Waals surface area contributed by atoms with E-state index in [0.717, 1.165) is 49.4 Å². The van der Waals surface area contributed by atoms with E-state index < -0.39 is 0 Å². The summed E-state index contributed by atoms with van der Waals surface area (Å²) in [5.74, 6) is 0.937. The summed E-state index contributed by atoms with van der Waals surface area (Å²) in [6.07, 6.45) is 3.33. The molecule has 19 heavy (non-hydrogen) atoms. The third-order valence-electron chi connectivity index (χ3n) is 3.35. The Kier molecular flexibility index (Phi) is 4.40. The Morgan fingerprint density at radius 3 is 2.74 bits per heavy atom. The van der Waals surface area contributed by atoms with Crippen molar-refractivity contribution >= 4 is 11.7 Å². The summed E-state index contributed by atoms with van der Waals surface area (Å²) in [6, 6.07) is 4.21. The maximum Gasteiger partial charge on any atom is 0.254 e. The van der Waals surface area contributed by atoms with Crippen LogP contribution in [0.2, 0.25) is 0 Å². The van der Waals surface area contributed by atoms with Crippen molar-refractivity contribution in [1.82, 2.24) is 9.88 Å². The quantitative estimate of drug-likeness (QED) is 0.856. The molecule has 0 atom stereocenters. The van der Waals surface area contributed by atoms with Gasteiger partial charge in [0.1, 0.15) is 5.82 Å². The summed E-state index contributed by atoms with van der Waals surface area (Å²) in [5.41, 5.74) is 1.64. The molecule has 1 aliphatic carbocycles. The maximum atomic E-state index is 12.5. The number of nitrogens with zero attached hydrogens (tertiary/aromatic N) is 2. The zero-order chi connectivity index (χ0) is 13.8. The third-order valence-corrected chi connectivity index (χ3v) is 3.35. The van der Waals surface area contributed by atoms with Crippen molar-refractivity contribution in [2.75, 3.05) is 18.4 Å². The van der Waals surface area contributed by atoms with Crippen LogP contribution in [0, 0.1) is 6.92 Å². The predicted molar refractivity (Wildman–Crippen MR) is 77.5 cm³/mol. The molecule has 1 heterocycles. The number of carbonyl (C=O) groups excluding carboxylic acids is 1. The lowest BCUT2D eigenvalue weighted by molar-refractivity contribution is 0.0752. The Balaban J connectivity index is 2.17. The van der Waals surface area contributed by atoms with Gasteiger partial charge in [0.2, 0.25) is 0 Å². The van der Waals surface area contributed by atoms with E-state index >= 15 is 0 Å². The van der Waals surface area contributed by atoms with Crippen LogP contribution in [0.1, 0.15) is 49.2 Å². The zero-order valence-electron chi connectivity index (χ0n) is 12.1. The minimum atomic E-state index is 0.134. The molecule has 0 radical (unpaired) electrons. The lowest BCUT2D eigenvalue weighted by atomic mass is 10.2. The van der Waals surface area contributed by atoms with Crippen molar-refractivity contribution in [3.63, 3.8) is 0 Å². The number of amides is 1. The molecule has 0 bridgehead atoms. The molecule has 4 nitrogen and oxygen atoms in total.